The van der Waals surface area contributed by atoms with E-state index in [4.69, 9.17) is 9.47 Å². The Hall–Kier alpha value is -1.34. The molecule has 3 aliphatic carbocycles. The molecule has 0 aromatic heterocycles. The van der Waals surface area contributed by atoms with Crippen molar-refractivity contribution in [3.05, 3.63) is 23.3 Å². The van der Waals surface area contributed by atoms with E-state index in [1.165, 1.54) is 5.56 Å². The maximum absolute atomic E-state index is 15.0. The number of hydrogen-bond acceptors (Lipinski definition) is 4. The van der Waals surface area contributed by atoms with E-state index < -0.39 is 27.7 Å². The van der Waals surface area contributed by atoms with E-state index in [-0.39, 0.29) is 5.25 Å². The zero-order valence-corrected chi connectivity index (χ0v) is 16.4. The van der Waals surface area contributed by atoms with Crippen LogP contribution >= 0.6 is 0 Å². The summed E-state index contributed by atoms with van der Waals surface area (Å²) in [7, 11) is -1.64. The van der Waals surface area contributed by atoms with Crippen LogP contribution < -0.4 is 14.2 Å². The number of nitrogens with one attached hydrogen (secondary N) is 1. The Kier molecular flexibility index (Phi) is 3.99. The van der Waals surface area contributed by atoms with Crippen molar-refractivity contribution in [2.24, 2.45) is 5.92 Å². The van der Waals surface area contributed by atoms with E-state index in [1.807, 2.05) is 6.07 Å². The minimum absolute atomic E-state index is 0.238. The van der Waals surface area contributed by atoms with Crippen LogP contribution in [0.2, 0.25) is 0 Å². The number of aryl methyl sites for hydroxylation is 1. The normalized spacial score (nSPS) is 34.1. The first-order valence-corrected chi connectivity index (χ1v) is 11.5. The van der Waals surface area contributed by atoms with Crippen LogP contribution in [0.4, 0.5) is 4.39 Å². The zero-order chi connectivity index (χ0) is 18.8. The lowest BCUT2D eigenvalue weighted by molar-refractivity contribution is -0.0215. The van der Waals surface area contributed by atoms with Gasteiger partial charge >= 0.3 is 0 Å². The summed E-state index contributed by atoms with van der Waals surface area (Å²) >= 11 is 0. The predicted molar refractivity (Wildman–Crippen MR) is 99.6 cm³/mol. The second-order valence-electron chi connectivity index (χ2n) is 8.43. The van der Waals surface area contributed by atoms with Gasteiger partial charge in [-0.2, -0.15) is 0 Å². The van der Waals surface area contributed by atoms with Crippen LogP contribution in [0.15, 0.2) is 12.1 Å². The van der Waals surface area contributed by atoms with Gasteiger partial charge in [0, 0.05) is 17.5 Å². The molecule has 1 aromatic carbocycles. The van der Waals surface area contributed by atoms with Gasteiger partial charge in [0.25, 0.3) is 0 Å². The van der Waals surface area contributed by atoms with Crippen LogP contribution in [-0.2, 0) is 21.9 Å². The Morgan fingerprint density at radius 3 is 2.81 bits per heavy atom. The molecule has 5 rings (SSSR count). The molecule has 1 N–H and O–H groups in total. The second-order valence-corrected chi connectivity index (χ2v) is 10.5. The molecule has 1 aromatic rings. The molecule has 1 heterocycles. The van der Waals surface area contributed by atoms with Gasteiger partial charge in [0.2, 0.25) is 10.0 Å². The minimum Gasteiger partial charge on any atom is -0.493 e. The second kappa shape index (κ2) is 6.08. The highest BCUT2D eigenvalue weighted by molar-refractivity contribution is 7.90. The average Bonchev–Trinajstić information content (AvgIpc) is 3.45. The lowest BCUT2D eigenvalue weighted by Crippen LogP contribution is -2.56. The highest BCUT2D eigenvalue weighted by atomic mass is 32.2. The van der Waals surface area contributed by atoms with Gasteiger partial charge in [0.15, 0.2) is 11.5 Å². The van der Waals surface area contributed by atoms with Crippen LogP contribution in [0.1, 0.15) is 49.7 Å². The van der Waals surface area contributed by atoms with Gasteiger partial charge in [-0.25, -0.2) is 17.5 Å². The molecule has 4 aliphatic rings. The van der Waals surface area contributed by atoms with Crippen LogP contribution in [0.25, 0.3) is 0 Å². The number of hydrogen-bond donors (Lipinski definition) is 1. The van der Waals surface area contributed by atoms with Gasteiger partial charge in [0.1, 0.15) is 12.3 Å². The lowest BCUT2D eigenvalue weighted by atomic mass is 9.55. The highest BCUT2D eigenvalue weighted by Gasteiger charge is 2.61. The SMILES string of the molecule is COc1ccc2c3c1O[C@@H]1C(F)CCC(CC2)[C@]31CCNS(=O)(=O)C1CC1. The molecule has 5 nitrogen and oxygen atoms in total. The summed E-state index contributed by atoms with van der Waals surface area (Å²) in [5, 5.41) is -0.238. The number of benzene rings is 1. The van der Waals surface area contributed by atoms with Crippen LogP contribution in [0, 0.1) is 5.92 Å². The molecule has 0 radical (unpaired) electrons. The van der Waals surface area contributed by atoms with Crippen molar-refractivity contribution in [3.8, 4) is 11.5 Å². The lowest BCUT2D eigenvalue weighted by Gasteiger charge is -2.49. The van der Waals surface area contributed by atoms with E-state index in [2.05, 4.69) is 10.8 Å². The largest absolute Gasteiger partial charge is 0.493 e. The summed E-state index contributed by atoms with van der Waals surface area (Å²) in [4.78, 5) is 0. The Labute approximate surface area is 159 Å². The third-order valence-corrected chi connectivity index (χ3v) is 9.02. The molecular formula is C20H26FNO4S. The maximum atomic E-state index is 15.0. The van der Waals surface area contributed by atoms with Crippen molar-refractivity contribution in [3.63, 3.8) is 0 Å². The van der Waals surface area contributed by atoms with Gasteiger partial charge < -0.3 is 9.47 Å². The van der Waals surface area contributed by atoms with Crippen molar-refractivity contribution in [1.82, 2.24) is 4.72 Å². The molecule has 2 unspecified atom stereocenters. The van der Waals surface area contributed by atoms with E-state index >= 15 is 4.39 Å². The first-order chi connectivity index (χ1) is 13.0. The third kappa shape index (κ3) is 2.54. The topological polar surface area (TPSA) is 64.6 Å². The highest BCUT2D eigenvalue weighted by Crippen LogP contribution is 2.62. The Morgan fingerprint density at radius 2 is 2.07 bits per heavy atom. The monoisotopic (exact) mass is 395 g/mol. The van der Waals surface area contributed by atoms with Gasteiger partial charge in [-0.3, -0.25) is 0 Å². The van der Waals surface area contributed by atoms with Crippen LogP contribution in [-0.4, -0.2) is 39.6 Å². The fourth-order valence-electron chi connectivity index (χ4n) is 5.68. The van der Waals surface area contributed by atoms with Gasteiger partial charge in [-0.1, -0.05) is 6.07 Å². The van der Waals surface area contributed by atoms with Gasteiger partial charge in [-0.05, 0) is 62.5 Å². The van der Waals surface area contributed by atoms with Crippen molar-refractivity contribution < 1.29 is 22.3 Å². The predicted octanol–water partition coefficient (Wildman–Crippen LogP) is 2.86. The van der Waals surface area contributed by atoms with Crippen molar-refractivity contribution in [2.45, 2.75) is 67.9 Å². The Morgan fingerprint density at radius 1 is 1.26 bits per heavy atom. The van der Waals surface area contributed by atoms with E-state index in [0.29, 0.717) is 36.8 Å². The standard InChI is InChI=1S/C20H26FNO4S/c1-25-16-9-3-12-2-4-13-5-8-15(21)19-20(13,17(12)18(16)26-19)10-11-22-27(23,24)14-6-7-14/h3,9,13-15,19,22H,2,4-8,10-11H2,1H3/t13?,15?,19-,20-/m1/s1. The molecule has 2 fully saturated rings. The van der Waals surface area contributed by atoms with E-state index in [1.54, 1.807) is 7.11 Å². The van der Waals surface area contributed by atoms with Gasteiger partial charge in [0.05, 0.1) is 12.4 Å². The minimum atomic E-state index is -3.24. The van der Waals surface area contributed by atoms with Gasteiger partial charge in [-0.15, -0.1) is 0 Å². The molecule has 0 bridgehead atoms. The molecule has 0 saturated heterocycles. The summed E-state index contributed by atoms with van der Waals surface area (Å²) in [6.45, 7) is 0.331. The fourth-order valence-corrected chi connectivity index (χ4v) is 7.06. The van der Waals surface area contributed by atoms with Crippen LogP contribution in [0.5, 0.6) is 11.5 Å². The molecule has 2 saturated carbocycles. The van der Waals surface area contributed by atoms with E-state index in [0.717, 1.165) is 37.7 Å². The van der Waals surface area contributed by atoms with Crippen molar-refractivity contribution >= 4 is 10.0 Å². The molecule has 7 heteroatoms. The summed E-state index contributed by atoms with van der Waals surface area (Å²) in [6, 6.07) is 3.97. The molecular weight excluding hydrogens is 369 g/mol. The number of sulfonamides is 1. The molecule has 0 spiro atoms. The fraction of sp³-hybridized carbons (Fsp3) is 0.700. The first kappa shape index (κ1) is 17.7. The zero-order valence-electron chi connectivity index (χ0n) is 15.5. The smallest absolute Gasteiger partial charge is 0.214 e. The number of rotatable bonds is 6. The van der Waals surface area contributed by atoms with E-state index in [9.17, 15) is 8.42 Å². The number of methoxy groups -OCH3 is 1. The maximum Gasteiger partial charge on any atom is 0.214 e. The van der Waals surface area contributed by atoms with Crippen LogP contribution in [0.3, 0.4) is 0 Å². The quantitative estimate of drug-likeness (QED) is 0.805. The number of halogens is 1. The first-order valence-electron chi connectivity index (χ1n) is 9.97. The average molecular weight is 395 g/mol. The summed E-state index contributed by atoms with van der Waals surface area (Å²) in [6.07, 6.45) is 3.76. The Bertz CT molecular complexity index is 869. The molecule has 0 amide bonds. The molecule has 1 aliphatic heterocycles. The van der Waals surface area contributed by atoms with Crippen molar-refractivity contribution in [2.75, 3.05) is 13.7 Å². The molecule has 4 atom stereocenters. The summed E-state index contributed by atoms with van der Waals surface area (Å²) in [5.74, 6) is 1.65. The summed E-state index contributed by atoms with van der Waals surface area (Å²) < 4.78 is 54.0. The summed E-state index contributed by atoms with van der Waals surface area (Å²) in [5.41, 5.74) is 1.82. The molecule has 27 heavy (non-hydrogen) atoms. The Balaban J connectivity index is 1.54. The third-order valence-electron chi connectivity index (χ3n) is 7.06. The molecule has 148 valence electrons. The number of alkyl halides is 1. The van der Waals surface area contributed by atoms with Crippen molar-refractivity contribution in [1.29, 1.82) is 0 Å². The number of ether oxygens (including phenoxy) is 2.